The van der Waals surface area contributed by atoms with Crippen molar-refractivity contribution in [3.63, 3.8) is 0 Å². The monoisotopic (exact) mass is 356 g/mol. The van der Waals surface area contributed by atoms with Gasteiger partial charge in [-0.3, -0.25) is 0 Å². The van der Waals surface area contributed by atoms with Crippen LogP contribution < -0.4 is 4.74 Å². The number of carboxylic acids is 1. The van der Waals surface area contributed by atoms with Gasteiger partial charge in [-0.2, -0.15) is 0 Å². The third-order valence-electron chi connectivity index (χ3n) is 4.52. The van der Waals surface area contributed by atoms with Crippen molar-refractivity contribution < 1.29 is 19.7 Å². The van der Waals surface area contributed by atoms with Gasteiger partial charge in [0, 0.05) is 0 Å². The minimum atomic E-state index is -0.978. The number of aryl methyl sites for hydroxylation is 2. The Morgan fingerprint density at radius 1 is 1.19 bits per heavy atom. The molecule has 2 aromatic rings. The lowest BCUT2D eigenvalue weighted by Crippen LogP contribution is -2.10. The second kappa shape index (κ2) is 8.75. The van der Waals surface area contributed by atoms with Crippen LogP contribution in [0.15, 0.2) is 30.3 Å². The van der Waals surface area contributed by atoms with Gasteiger partial charge in [0.25, 0.3) is 0 Å². The molecule has 0 spiro atoms. The highest BCUT2D eigenvalue weighted by Crippen LogP contribution is 2.30. The van der Waals surface area contributed by atoms with Gasteiger partial charge in [-0.1, -0.05) is 39.3 Å². The number of hydrogen-bond donors (Lipinski definition) is 2. The Morgan fingerprint density at radius 2 is 1.92 bits per heavy atom. The number of hydrogen-bond acceptors (Lipinski definition) is 3. The summed E-state index contributed by atoms with van der Waals surface area (Å²) in [4.78, 5) is 10.7. The lowest BCUT2D eigenvalue weighted by molar-refractivity contribution is -0.139. The van der Waals surface area contributed by atoms with Crippen molar-refractivity contribution in [2.45, 2.75) is 52.9 Å². The first-order valence-corrected chi connectivity index (χ1v) is 9.10. The second-order valence-electron chi connectivity index (χ2n) is 7.03. The summed E-state index contributed by atoms with van der Waals surface area (Å²) in [6, 6.07) is 9.67. The predicted molar refractivity (Wildman–Crippen MR) is 103 cm³/mol. The quantitative estimate of drug-likeness (QED) is 0.711. The maximum Gasteiger partial charge on any atom is 0.341 e. The molecule has 0 aliphatic carbocycles. The van der Waals surface area contributed by atoms with E-state index < -0.39 is 5.97 Å². The van der Waals surface area contributed by atoms with Crippen molar-refractivity contribution in [3.05, 3.63) is 58.1 Å². The van der Waals surface area contributed by atoms with Crippen LogP contribution in [0.2, 0.25) is 0 Å². The molecule has 0 atom stereocenters. The maximum absolute atomic E-state index is 10.7. The number of carboxylic acid groups (broad SMARTS) is 1. The topological polar surface area (TPSA) is 66.8 Å². The fraction of sp³-hybridized carbons (Fsp3) is 0.409. The van der Waals surface area contributed by atoms with Crippen LogP contribution in [0.25, 0.3) is 0 Å². The van der Waals surface area contributed by atoms with Gasteiger partial charge >= 0.3 is 5.97 Å². The molecule has 0 saturated heterocycles. The van der Waals surface area contributed by atoms with Crippen LogP contribution in [0.4, 0.5) is 0 Å². The van der Waals surface area contributed by atoms with E-state index in [0.717, 1.165) is 36.0 Å². The normalized spacial score (nSPS) is 11.0. The third-order valence-corrected chi connectivity index (χ3v) is 4.52. The number of carbonyl (C=O) groups is 1. The van der Waals surface area contributed by atoms with E-state index >= 15 is 0 Å². The third kappa shape index (κ3) is 5.01. The summed E-state index contributed by atoms with van der Waals surface area (Å²) in [5, 5.41) is 18.9. The largest absolute Gasteiger partial charge is 0.508 e. The van der Waals surface area contributed by atoms with Gasteiger partial charge in [0.15, 0.2) is 6.61 Å². The van der Waals surface area contributed by atoms with Crippen LogP contribution in [0.5, 0.6) is 11.5 Å². The van der Waals surface area contributed by atoms with E-state index in [1.54, 1.807) is 6.07 Å². The zero-order valence-corrected chi connectivity index (χ0v) is 16.0. The molecular weight excluding hydrogens is 328 g/mol. The van der Waals surface area contributed by atoms with Gasteiger partial charge in [-0.25, -0.2) is 4.79 Å². The first-order chi connectivity index (χ1) is 12.3. The van der Waals surface area contributed by atoms with Crippen molar-refractivity contribution in [1.82, 2.24) is 0 Å². The average molecular weight is 356 g/mol. The van der Waals surface area contributed by atoms with Crippen molar-refractivity contribution >= 4 is 5.97 Å². The average Bonchev–Trinajstić information content (AvgIpc) is 2.57. The summed E-state index contributed by atoms with van der Waals surface area (Å²) in [5.74, 6) is 0.226. The molecule has 0 heterocycles. The zero-order chi connectivity index (χ0) is 19.3. The van der Waals surface area contributed by atoms with Crippen molar-refractivity contribution in [2.75, 3.05) is 6.61 Å². The minimum Gasteiger partial charge on any atom is -0.508 e. The lowest BCUT2D eigenvalue weighted by atomic mass is 9.91. The minimum absolute atomic E-state index is 0.262. The van der Waals surface area contributed by atoms with Crippen molar-refractivity contribution in [3.8, 4) is 11.5 Å². The summed E-state index contributed by atoms with van der Waals surface area (Å²) < 4.78 is 5.37. The molecular formula is C22H28O4. The standard InChI is InChI=1S/C22H28O4/c1-5-6-17-12-18(26-13-22(24)25)9-15(4)20(17)11-16-7-8-21(23)19(10-16)14(2)3/h7-10,12,14,23H,5-6,11,13H2,1-4H3,(H,24,25). The summed E-state index contributed by atoms with van der Waals surface area (Å²) in [5.41, 5.74) is 5.64. The molecule has 0 aliphatic rings. The summed E-state index contributed by atoms with van der Waals surface area (Å²) in [7, 11) is 0. The molecule has 2 rings (SSSR count). The van der Waals surface area contributed by atoms with Crippen LogP contribution in [-0.4, -0.2) is 22.8 Å². The van der Waals surface area contributed by atoms with Crippen LogP contribution in [0.3, 0.4) is 0 Å². The van der Waals surface area contributed by atoms with Gasteiger partial charge in [0.1, 0.15) is 11.5 Å². The fourth-order valence-corrected chi connectivity index (χ4v) is 3.21. The lowest BCUT2D eigenvalue weighted by Gasteiger charge is -2.17. The van der Waals surface area contributed by atoms with E-state index in [-0.39, 0.29) is 12.5 Å². The molecule has 4 heteroatoms. The summed E-state index contributed by atoms with van der Waals surface area (Å²) in [6.07, 6.45) is 2.69. The first-order valence-electron chi connectivity index (χ1n) is 9.10. The van der Waals surface area contributed by atoms with Crippen molar-refractivity contribution in [1.29, 1.82) is 0 Å². The number of rotatable bonds is 8. The SMILES string of the molecule is CCCc1cc(OCC(=O)O)cc(C)c1Cc1ccc(O)c(C(C)C)c1. The number of benzene rings is 2. The van der Waals surface area contributed by atoms with E-state index in [0.29, 0.717) is 11.5 Å². The predicted octanol–water partition coefficient (Wildman–Crippen LogP) is 4.83. The Morgan fingerprint density at radius 3 is 2.54 bits per heavy atom. The molecule has 0 unspecified atom stereocenters. The zero-order valence-electron chi connectivity index (χ0n) is 16.0. The molecule has 0 saturated carbocycles. The number of ether oxygens (including phenoxy) is 1. The van der Waals surface area contributed by atoms with E-state index in [2.05, 4.69) is 26.8 Å². The Balaban J connectivity index is 2.36. The molecule has 26 heavy (non-hydrogen) atoms. The molecule has 0 amide bonds. The van der Waals surface area contributed by atoms with E-state index in [1.807, 2.05) is 25.1 Å². The molecule has 0 aromatic heterocycles. The molecule has 2 N–H and O–H groups in total. The second-order valence-corrected chi connectivity index (χ2v) is 7.03. The van der Waals surface area contributed by atoms with E-state index in [1.165, 1.54) is 11.1 Å². The smallest absolute Gasteiger partial charge is 0.341 e. The molecule has 4 nitrogen and oxygen atoms in total. The van der Waals surface area contributed by atoms with Gasteiger partial charge in [0.05, 0.1) is 0 Å². The maximum atomic E-state index is 10.7. The van der Waals surface area contributed by atoms with E-state index in [9.17, 15) is 9.90 Å². The highest BCUT2D eigenvalue weighted by atomic mass is 16.5. The molecule has 0 bridgehead atoms. The molecule has 0 aliphatic heterocycles. The van der Waals surface area contributed by atoms with Gasteiger partial charge < -0.3 is 14.9 Å². The van der Waals surface area contributed by atoms with E-state index in [4.69, 9.17) is 9.84 Å². The Hall–Kier alpha value is -2.49. The van der Waals surface area contributed by atoms with Crippen molar-refractivity contribution in [2.24, 2.45) is 0 Å². The van der Waals surface area contributed by atoms with Crippen LogP contribution in [-0.2, 0) is 17.6 Å². The molecule has 2 aromatic carbocycles. The molecule has 0 fully saturated rings. The molecule has 0 radical (unpaired) electrons. The van der Waals surface area contributed by atoms with Crippen LogP contribution >= 0.6 is 0 Å². The molecule has 140 valence electrons. The Bertz CT molecular complexity index is 778. The number of aromatic hydroxyl groups is 1. The van der Waals surface area contributed by atoms with Crippen LogP contribution in [0, 0.1) is 6.92 Å². The van der Waals surface area contributed by atoms with Gasteiger partial charge in [0.2, 0.25) is 0 Å². The summed E-state index contributed by atoms with van der Waals surface area (Å²) >= 11 is 0. The highest BCUT2D eigenvalue weighted by Gasteiger charge is 2.13. The fourth-order valence-electron chi connectivity index (χ4n) is 3.21. The van der Waals surface area contributed by atoms with Gasteiger partial charge in [-0.05, 0) is 71.7 Å². The number of aliphatic carboxylic acids is 1. The number of phenols is 1. The van der Waals surface area contributed by atoms with Gasteiger partial charge in [-0.15, -0.1) is 0 Å². The highest BCUT2D eigenvalue weighted by molar-refractivity contribution is 5.68. The Labute approximate surface area is 155 Å². The van der Waals surface area contributed by atoms with Crippen LogP contribution in [0.1, 0.15) is 60.9 Å². The summed E-state index contributed by atoms with van der Waals surface area (Å²) in [6.45, 7) is 7.97. The Kier molecular flexibility index (Phi) is 6.67. The first kappa shape index (κ1) is 19.8. The number of phenolic OH excluding ortho intramolecular Hbond substituents is 1.